The molecule has 1 aromatic carbocycles. The summed E-state index contributed by atoms with van der Waals surface area (Å²) in [7, 11) is 0. The normalized spacial score (nSPS) is 19.1. The molecule has 1 aliphatic heterocycles. The van der Waals surface area contributed by atoms with Crippen molar-refractivity contribution < 1.29 is 4.74 Å². The zero-order valence-corrected chi connectivity index (χ0v) is 10.9. The molecular formula is C14H22N2O. The molecule has 0 fully saturated rings. The molecule has 0 bridgehead atoms. The first kappa shape index (κ1) is 12.2. The lowest BCUT2D eigenvalue weighted by Crippen LogP contribution is -2.42. The van der Waals surface area contributed by atoms with Crippen LogP contribution in [-0.4, -0.2) is 25.2 Å². The van der Waals surface area contributed by atoms with Gasteiger partial charge in [0.2, 0.25) is 0 Å². The maximum Gasteiger partial charge on any atom is 0.143 e. The van der Waals surface area contributed by atoms with Crippen LogP contribution >= 0.6 is 0 Å². The van der Waals surface area contributed by atoms with E-state index in [2.05, 4.69) is 43.9 Å². The second-order valence-electron chi connectivity index (χ2n) is 5.02. The van der Waals surface area contributed by atoms with Gasteiger partial charge in [-0.3, -0.25) is 0 Å². The second kappa shape index (κ2) is 4.96. The molecule has 0 saturated carbocycles. The predicted octanol–water partition coefficient (Wildman–Crippen LogP) is 2.18. The van der Waals surface area contributed by atoms with Crippen LogP contribution in [-0.2, 0) is 6.42 Å². The monoisotopic (exact) mass is 234 g/mol. The van der Waals surface area contributed by atoms with Crippen LogP contribution in [0.15, 0.2) is 18.2 Å². The number of hydrogen-bond donors (Lipinski definition) is 1. The van der Waals surface area contributed by atoms with E-state index < -0.39 is 0 Å². The molecule has 0 saturated heterocycles. The molecule has 0 aromatic heterocycles. The number of benzene rings is 1. The van der Waals surface area contributed by atoms with Gasteiger partial charge in [0.15, 0.2) is 0 Å². The number of ether oxygens (including phenoxy) is 1. The van der Waals surface area contributed by atoms with Gasteiger partial charge in [-0.15, -0.1) is 0 Å². The third-order valence-electron chi connectivity index (χ3n) is 3.17. The average Bonchev–Trinajstić information content (AvgIpc) is 2.28. The van der Waals surface area contributed by atoms with Gasteiger partial charge in [0.05, 0.1) is 12.2 Å². The molecular weight excluding hydrogens is 212 g/mol. The molecule has 17 heavy (non-hydrogen) atoms. The summed E-state index contributed by atoms with van der Waals surface area (Å²) in [5.41, 5.74) is 8.11. The van der Waals surface area contributed by atoms with Crippen LogP contribution in [0.5, 0.6) is 5.75 Å². The Morgan fingerprint density at radius 3 is 2.88 bits per heavy atom. The molecule has 2 rings (SSSR count). The molecule has 1 aromatic rings. The lowest BCUT2D eigenvalue weighted by molar-refractivity contribution is 0.209. The largest absolute Gasteiger partial charge is 0.487 e. The highest BCUT2D eigenvalue weighted by atomic mass is 16.5. The van der Waals surface area contributed by atoms with Crippen LogP contribution in [0, 0.1) is 0 Å². The molecule has 94 valence electrons. The van der Waals surface area contributed by atoms with Gasteiger partial charge in [-0.25, -0.2) is 0 Å². The molecule has 3 heteroatoms. The van der Waals surface area contributed by atoms with E-state index in [1.54, 1.807) is 0 Å². The van der Waals surface area contributed by atoms with Crippen molar-refractivity contribution in [2.24, 2.45) is 5.73 Å². The lowest BCUT2D eigenvalue weighted by Gasteiger charge is -2.38. The quantitative estimate of drug-likeness (QED) is 0.871. The zero-order valence-electron chi connectivity index (χ0n) is 10.9. The third kappa shape index (κ3) is 2.55. The molecule has 0 spiro atoms. The van der Waals surface area contributed by atoms with Crippen LogP contribution in [0.1, 0.15) is 26.3 Å². The number of anilines is 1. The van der Waals surface area contributed by atoms with Crippen molar-refractivity contribution in [2.75, 3.05) is 18.0 Å². The van der Waals surface area contributed by atoms with E-state index in [-0.39, 0.29) is 6.10 Å². The number of fused-ring (bicyclic) bond motifs is 1. The predicted molar refractivity (Wildman–Crippen MR) is 71.8 cm³/mol. The fraction of sp³-hybridized carbons (Fsp3) is 0.571. The summed E-state index contributed by atoms with van der Waals surface area (Å²) in [6.07, 6.45) is 1.18. The second-order valence-corrected chi connectivity index (χ2v) is 5.02. The van der Waals surface area contributed by atoms with Crippen LogP contribution < -0.4 is 15.4 Å². The first-order valence-electron chi connectivity index (χ1n) is 6.38. The lowest BCUT2D eigenvalue weighted by atomic mass is 10.1. The van der Waals surface area contributed by atoms with Gasteiger partial charge >= 0.3 is 0 Å². The van der Waals surface area contributed by atoms with Gasteiger partial charge in [-0.1, -0.05) is 6.07 Å². The first-order chi connectivity index (χ1) is 8.11. The summed E-state index contributed by atoms with van der Waals surface area (Å²) in [5.74, 6) is 0.998. The van der Waals surface area contributed by atoms with Crippen molar-refractivity contribution >= 4 is 5.69 Å². The summed E-state index contributed by atoms with van der Waals surface area (Å²) in [6.45, 7) is 8.20. The Morgan fingerprint density at radius 1 is 1.47 bits per heavy atom. The highest BCUT2D eigenvalue weighted by Crippen LogP contribution is 2.35. The number of nitrogens with two attached hydrogens (primary N) is 1. The maximum absolute atomic E-state index is 5.87. The molecule has 2 N–H and O–H groups in total. The van der Waals surface area contributed by atoms with Crippen molar-refractivity contribution in [1.29, 1.82) is 0 Å². The van der Waals surface area contributed by atoms with E-state index in [4.69, 9.17) is 10.5 Å². The molecule has 1 heterocycles. The SMILES string of the molecule is CC1CN(C(C)C)c2cc(CCN)ccc2O1. The van der Waals surface area contributed by atoms with Crippen LogP contribution in [0.25, 0.3) is 0 Å². The summed E-state index contributed by atoms with van der Waals surface area (Å²) in [5, 5.41) is 0. The highest BCUT2D eigenvalue weighted by molar-refractivity contribution is 5.62. The fourth-order valence-corrected chi connectivity index (χ4v) is 2.33. The van der Waals surface area contributed by atoms with E-state index in [1.807, 2.05) is 0 Å². The first-order valence-corrected chi connectivity index (χ1v) is 6.38. The molecule has 1 atom stereocenters. The minimum absolute atomic E-state index is 0.255. The van der Waals surface area contributed by atoms with Crippen LogP contribution in [0.4, 0.5) is 5.69 Å². The molecule has 0 amide bonds. The molecule has 0 radical (unpaired) electrons. The minimum Gasteiger partial charge on any atom is -0.487 e. The van der Waals surface area contributed by atoms with Gasteiger partial charge in [-0.05, 0) is 51.4 Å². The Labute approximate surface area is 104 Å². The van der Waals surface area contributed by atoms with Gasteiger partial charge < -0.3 is 15.4 Å². The van der Waals surface area contributed by atoms with Gasteiger partial charge in [0, 0.05) is 6.04 Å². The smallest absolute Gasteiger partial charge is 0.143 e. The molecule has 3 nitrogen and oxygen atoms in total. The summed E-state index contributed by atoms with van der Waals surface area (Å²) >= 11 is 0. The molecule has 0 aliphatic carbocycles. The topological polar surface area (TPSA) is 38.5 Å². The van der Waals surface area contributed by atoms with Crippen molar-refractivity contribution in [2.45, 2.75) is 39.3 Å². The summed E-state index contributed by atoms with van der Waals surface area (Å²) < 4.78 is 5.87. The summed E-state index contributed by atoms with van der Waals surface area (Å²) in [6, 6.07) is 6.90. The fourth-order valence-electron chi connectivity index (χ4n) is 2.33. The van der Waals surface area contributed by atoms with E-state index in [9.17, 15) is 0 Å². The summed E-state index contributed by atoms with van der Waals surface area (Å²) in [4.78, 5) is 2.41. The van der Waals surface area contributed by atoms with Crippen molar-refractivity contribution in [3.63, 3.8) is 0 Å². The minimum atomic E-state index is 0.255. The number of rotatable bonds is 3. The van der Waals surface area contributed by atoms with E-state index in [1.165, 1.54) is 11.3 Å². The number of hydrogen-bond acceptors (Lipinski definition) is 3. The highest BCUT2D eigenvalue weighted by Gasteiger charge is 2.24. The Balaban J connectivity index is 2.35. The standard InChI is InChI=1S/C14H22N2O/c1-10(2)16-9-11(3)17-14-5-4-12(6-7-15)8-13(14)16/h4-5,8,10-11H,6-7,9,15H2,1-3H3. The van der Waals surface area contributed by atoms with E-state index in [0.29, 0.717) is 12.6 Å². The van der Waals surface area contributed by atoms with Crippen molar-refractivity contribution in [1.82, 2.24) is 0 Å². The van der Waals surface area contributed by atoms with E-state index in [0.717, 1.165) is 18.7 Å². The van der Waals surface area contributed by atoms with E-state index >= 15 is 0 Å². The van der Waals surface area contributed by atoms with Gasteiger partial charge in [0.25, 0.3) is 0 Å². The average molecular weight is 234 g/mol. The van der Waals surface area contributed by atoms with Crippen LogP contribution in [0.3, 0.4) is 0 Å². The van der Waals surface area contributed by atoms with Gasteiger partial charge in [0.1, 0.15) is 11.9 Å². The van der Waals surface area contributed by atoms with Crippen molar-refractivity contribution in [3.05, 3.63) is 23.8 Å². The Kier molecular flexibility index (Phi) is 3.57. The Bertz CT molecular complexity index is 390. The Hall–Kier alpha value is -1.22. The van der Waals surface area contributed by atoms with Crippen LogP contribution in [0.2, 0.25) is 0 Å². The zero-order chi connectivity index (χ0) is 12.4. The molecule has 1 aliphatic rings. The van der Waals surface area contributed by atoms with Gasteiger partial charge in [-0.2, -0.15) is 0 Å². The third-order valence-corrected chi connectivity index (χ3v) is 3.17. The van der Waals surface area contributed by atoms with Crippen molar-refractivity contribution in [3.8, 4) is 5.75 Å². The number of nitrogens with zero attached hydrogens (tertiary/aromatic N) is 1. The Morgan fingerprint density at radius 2 is 2.24 bits per heavy atom. The molecule has 1 unspecified atom stereocenters. The maximum atomic E-state index is 5.87.